The topological polar surface area (TPSA) is 65.3 Å². The van der Waals surface area contributed by atoms with Crippen molar-refractivity contribution in [2.75, 3.05) is 4.90 Å². The maximum Gasteiger partial charge on any atom is 0.263 e. The molecule has 1 fully saturated rings. The molecule has 4 rings (SSSR count). The molecule has 0 bridgehead atoms. The number of carbonyl (C=O) groups excluding carboxylic acids is 2. The summed E-state index contributed by atoms with van der Waals surface area (Å²) in [5.74, 6) is -0.577. The van der Waals surface area contributed by atoms with Crippen LogP contribution in [-0.4, -0.2) is 28.9 Å². The van der Waals surface area contributed by atoms with Crippen molar-refractivity contribution in [3.63, 3.8) is 0 Å². The number of imide groups is 1. The minimum absolute atomic E-state index is 0.266. The van der Waals surface area contributed by atoms with Gasteiger partial charge in [-0.15, -0.1) is 0 Å². The zero-order valence-corrected chi connectivity index (χ0v) is 14.1. The number of nitrogens with zero attached hydrogens (tertiary/aromatic N) is 4. The monoisotopic (exact) mass is 334 g/mol. The van der Waals surface area contributed by atoms with Crippen LogP contribution in [0.5, 0.6) is 0 Å². The van der Waals surface area contributed by atoms with E-state index in [9.17, 15) is 9.59 Å². The van der Waals surface area contributed by atoms with Gasteiger partial charge in [-0.1, -0.05) is 47.2 Å². The highest BCUT2D eigenvalue weighted by Gasteiger charge is 2.54. The molecule has 2 aromatic carbocycles. The van der Waals surface area contributed by atoms with Gasteiger partial charge in [0.2, 0.25) is 0 Å². The van der Waals surface area contributed by atoms with Gasteiger partial charge in [0.05, 0.1) is 12.2 Å². The number of anilines is 1. The number of rotatable bonds is 3. The highest BCUT2D eigenvalue weighted by molar-refractivity contribution is 6.25. The molecule has 0 spiro atoms. The minimum Gasteiger partial charge on any atom is -0.271 e. The lowest BCUT2D eigenvalue weighted by atomic mass is 10.1. The highest BCUT2D eigenvalue weighted by atomic mass is 16.2. The van der Waals surface area contributed by atoms with Crippen molar-refractivity contribution in [1.29, 1.82) is 0 Å². The molecule has 126 valence electrons. The smallest absolute Gasteiger partial charge is 0.263 e. The van der Waals surface area contributed by atoms with E-state index in [4.69, 9.17) is 0 Å². The Labute approximate surface area is 145 Å². The molecule has 0 aliphatic carbocycles. The predicted molar refractivity (Wildman–Crippen MR) is 92.8 cm³/mol. The van der Waals surface area contributed by atoms with Crippen molar-refractivity contribution in [2.45, 2.75) is 32.5 Å². The van der Waals surface area contributed by atoms with Crippen LogP contribution in [0, 0.1) is 13.8 Å². The Bertz CT molecular complexity index is 875. The summed E-state index contributed by atoms with van der Waals surface area (Å²) in [5, 5.41) is 9.78. The zero-order valence-electron chi connectivity index (χ0n) is 14.1. The van der Waals surface area contributed by atoms with Crippen molar-refractivity contribution in [2.24, 2.45) is 10.3 Å². The molecule has 2 aromatic rings. The third-order valence-electron chi connectivity index (χ3n) is 4.74. The maximum absolute atomic E-state index is 12.9. The molecule has 0 saturated carbocycles. The fraction of sp³-hybridized carbons (Fsp3) is 0.263. The molecule has 0 unspecified atom stereocenters. The molecule has 2 aliphatic rings. The van der Waals surface area contributed by atoms with Crippen LogP contribution in [0.4, 0.5) is 5.69 Å². The van der Waals surface area contributed by atoms with Crippen LogP contribution >= 0.6 is 0 Å². The molecule has 25 heavy (non-hydrogen) atoms. The molecular formula is C19H18N4O2. The van der Waals surface area contributed by atoms with Crippen molar-refractivity contribution in [3.05, 3.63) is 65.2 Å². The van der Waals surface area contributed by atoms with Crippen molar-refractivity contribution in [3.8, 4) is 0 Å². The lowest BCUT2D eigenvalue weighted by Gasteiger charge is -2.21. The van der Waals surface area contributed by atoms with Crippen molar-refractivity contribution in [1.82, 2.24) is 5.01 Å². The first-order valence-electron chi connectivity index (χ1n) is 8.22. The van der Waals surface area contributed by atoms with Gasteiger partial charge < -0.3 is 0 Å². The number of benzene rings is 2. The van der Waals surface area contributed by atoms with Gasteiger partial charge in [0.1, 0.15) is 0 Å². The predicted octanol–water partition coefficient (Wildman–Crippen LogP) is 2.80. The molecule has 0 aromatic heterocycles. The van der Waals surface area contributed by atoms with Crippen molar-refractivity contribution < 1.29 is 9.59 Å². The van der Waals surface area contributed by atoms with E-state index in [0.717, 1.165) is 16.7 Å². The normalized spacial score (nSPS) is 22.0. The van der Waals surface area contributed by atoms with Crippen LogP contribution in [0.3, 0.4) is 0 Å². The second-order valence-corrected chi connectivity index (χ2v) is 6.47. The SMILES string of the molecule is Cc1ccc(N2C(=O)[C@H]3N=NN(Cc4ccccc4C)[C@@H]3C2=O)cc1. The van der Waals surface area contributed by atoms with Gasteiger partial charge >= 0.3 is 0 Å². The van der Waals surface area contributed by atoms with Gasteiger partial charge in [-0.2, -0.15) is 5.11 Å². The Balaban J connectivity index is 1.62. The van der Waals surface area contributed by atoms with Gasteiger partial charge in [0, 0.05) is 0 Å². The number of aryl methyl sites for hydroxylation is 2. The molecule has 2 amide bonds. The Hall–Kier alpha value is -3.02. The van der Waals surface area contributed by atoms with E-state index in [1.807, 2.05) is 50.2 Å². The van der Waals surface area contributed by atoms with Crippen LogP contribution in [0.25, 0.3) is 0 Å². The summed E-state index contributed by atoms with van der Waals surface area (Å²) in [6.45, 7) is 4.43. The van der Waals surface area contributed by atoms with Gasteiger partial charge in [0.15, 0.2) is 12.1 Å². The Morgan fingerprint density at radius 2 is 1.68 bits per heavy atom. The first-order valence-corrected chi connectivity index (χ1v) is 8.22. The van der Waals surface area contributed by atoms with Crippen LogP contribution < -0.4 is 4.90 Å². The molecule has 0 N–H and O–H groups in total. The fourth-order valence-corrected chi connectivity index (χ4v) is 3.26. The first-order chi connectivity index (χ1) is 12.1. The second-order valence-electron chi connectivity index (χ2n) is 6.47. The standard InChI is InChI=1S/C19H18N4O2/c1-12-7-9-15(10-8-12)23-18(24)16-17(19(23)25)22(21-20-16)11-14-6-4-3-5-13(14)2/h3-10,16-17H,11H2,1-2H3/t16-,17-/m0/s1. The number of amides is 2. The lowest BCUT2D eigenvalue weighted by Crippen LogP contribution is -2.39. The first kappa shape index (κ1) is 15.5. The molecule has 0 radical (unpaired) electrons. The van der Waals surface area contributed by atoms with Gasteiger partial charge in [0.25, 0.3) is 11.8 Å². The van der Waals surface area contributed by atoms with Crippen LogP contribution in [0.1, 0.15) is 16.7 Å². The molecule has 6 nitrogen and oxygen atoms in total. The molecule has 2 aliphatic heterocycles. The van der Waals surface area contributed by atoms with Gasteiger partial charge in [-0.25, -0.2) is 4.90 Å². The van der Waals surface area contributed by atoms with E-state index in [1.165, 1.54) is 4.90 Å². The van der Waals surface area contributed by atoms with Crippen LogP contribution in [0.2, 0.25) is 0 Å². The van der Waals surface area contributed by atoms with Crippen LogP contribution in [-0.2, 0) is 16.1 Å². The Morgan fingerprint density at radius 3 is 2.40 bits per heavy atom. The number of hydrogen-bond donors (Lipinski definition) is 0. The fourth-order valence-electron chi connectivity index (χ4n) is 3.26. The maximum atomic E-state index is 12.9. The quantitative estimate of drug-likeness (QED) is 0.811. The van der Waals surface area contributed by atoms with Crippen LogP contribution in [0.15, 0.2) is 58.9 Å². The second kappa shape index (κ2) is 5.81. The molecule has 6 heteroatoms. The lowest BCUT2D eigenvalue weighted by molar-refractivity contribution is -0.123. The largest absolute Gasteiger partial charge is 0.271 e. The van der Waals surface area contributed by atoms with E-state index in [-0.39, 0.29) is 11.8 Å². The summed E-state index contributed by atoms with van der Waals surface area (Å²) in [5.41, 5.74) is 3.84. The summed E-state index contributed by atoms with van der Waals surface area (Å²) >= 11 is 0. The van der Waals surface area contributed by atoms with Crippen molar-refractivity contribution >= 4 is 17.5 Å². The third-order valence-corrected chi connectivity index (χ3v) is 4.74. The number of hydrogen-bond acceptors (Lipinski definition) is 5. The van der Waals surface area contributed by atoms with E-state index < -0.39 is 12.1 Å². The van der Waals surface area contributed by atoms with E-state index in [2.05, 4.69) is 10.3 Å². The Morgan fingerprint density at radius 1 is 0.960 bits per heavy atom. The Kier molecular flexibility index (Phi) is 3.60. The van der Waals surface area contributed by atoms with E-state index in [0.29, 0.717) is 12.2 Å². The average molecular weight is 334 g/mol. The zero-order chi connectivity index (χ0) is 17.6. The third kappa shape index (κ3) is 2.50. The van der Waals surface area contributed by atoms with Gasteiger partial charge in [-0.3, -0.25) is 14.6 Å². The minimum atomic E-state index is -0.752. The summed E-state index contributed by atoms with van der Waals surface area (Å²) < 4.78 is 0. The number of carbonyl (C=O) groups is 2. The summed E-state index contributed by atoms with van der Waals surface area (Å²) in [7, 11) is 0. The van der Waals surface area contributed by atoms with E-state index >= 15 is 0 Å². The highest BCUT2D eigenvalue weighted by Crippen LogP contribution is 2.33. The van der Waals surface area contributed by atoms with Gasteiger partial charge in [-0.05, 0) is 37.1 Å². The molecule has 2 atom stereocenters. The van der Waals surface area contributed by atoms with E-state index in [1.54, 1.807) is 17.1 Å². The summed E-state index contributed by atoms with van der Waals surface area (Å²) in [6, 6.07) is 13.9. The number of fused-ring (bicyclic) bond motifs is 1. The summed E-state index contributed by atoms with van der Waals surface area (Å²) in [6.07, 6.45) is 0. The summed E-state index contributed by atoms with van der Waals surface area (Å²) in [4.78, 5) is 26.8. The molecule has 2 heterocycles. The molecular weight excluding hydrogens is 316 g/mol. The average Bonchev–Trinajstić information content (AvgIpc) is 3.12. The molecule has 1 saturated heterocycles.